The van der Waals surface area contributed by atoms with Gasteiger partial charge in [0.05, 0.1) is 6.54 Å². The predicted molar refractivity (Wildman–Crippen MR) is 77.5 cm³/mol. The van der Waals surface area contributed by atoms with E-state index in [4.69, 9.17) is 5.73 Å². The van der Waals surface area contributed by atoms with Gasteiger partial charge in [0.2, 0.25) is 5.91 Å². The second-order valence-electron chi connectivity index (χ2n) is 5.35. The molecule has 2 atom stereocenters. The van der Waals surface area contributed by atoms with E-state index < -0.39 is 0 Å². The van der Waals surface area contributed by atoms with E-state index in [-0.39, 0.29) is 17.5 Å². The van der Waals surface area contributed by atoms with E-state index >= 15 is 0 Å². The van der Waals surface area contributed by atoms with Gasteiger partial charge in [-0.15, -0.1) is 0 Å². The van der Waals surface area contributed by atoms with Gasteiger partial charge in [0.1, 0.15) is 0 Å². The maximum Gasteiger partial charge on any atom is 0.234 e. The van der Waals surface area contributed by atoms with Crippen molar-refractivity contribution < 1.29 is 4.79 Å². The van der Waals surface area contributed by atoms with Crippen molar-refractivity contribution >= 4 is 5.91 Å². The summed E-state index contributed by atoms with van der Waals surface area (Å²) < 4.78 is 0. The molecule has 0 aliphatic heterocycles. The van der Waals surface area contributed by atoms with E-state index in [1.807, 2.05) is 6.92 Å². The standard InChI is InChI=1S/C14H31N3O/c1-6-9-17(14(5,8-3)11-15)10-13(18)16-12(4)7-2/h12H,6-11,15H2,1-5H3,(H,16,18). The molecule has 4 nitrogen and oxygen atoms in total. The summed E-state index contributed by atoms with van der Waals surface area (Å²) in [6.45, 7) is 12.4. The first kappa shape index (κ1) is 17.4. The van der Waals surface area contributed by atoms with Gasteiger partial charge in [-0.05, 0) is 39.7 Å². The van der Waals surface area contributed by atoms with Crippen LogP contribution in [0, 0.1) is 0 Å². The monoisotopic (exact) mass is 257 g/mol. The average Bonchev–Trinajstić information content (AvgIpc) is 2.37. The molecule has 0 aromatic carbocycles. The van der Waals surface area contributed by atoms with Crippen molar-refractivity contribution in [3.8, 4) is 0 Å². The molecule has 3 N–H and O–H groups in total. The van der Waals surface area contributed by atoms with Gasteiger partial charge in [-0.2, -0.15) is 0 Å². The van der Waals surface area contributed by atoms with Crippen molar-refractivity contribution in [3.63, 3.8) is 0 Å². The highest BCUT2D eigenvalue weighted by molar-refractivity contribution is 5.78. The lowest BCUT2D eigenvalue weighted by Crippen LogP contribution is -2.55. The van der Waals surface area contributed by atoms with Crippen LogP contribution in [0.5, 0.6) is 0 Å². The zero-order valence-corrected chi connectivity index (χ0v) is 12.8. The van der Waals surface area contributed by atoms with Crippen LogP contribution in [0.25, 0.3) is 0 Å². The highest BCUT2D eigenvalue weighted by Gasteiger charge is 2.29. The molecule has 108 valence electrons. The third kappa shape index (κ3) is 5.36. The molecule has 0 saturated heterocycles. The molecule has 4 heteroatoms. The number of nitrogens with one attached hydrogen (secondary N) is 1. The summed E-state index contributed by atoms with van der Waals surface area (Å²) in [6, 6.07) is 0.242. The zero-order chi connectivity index (χ0) is 14.2. The number of hydrogen-bond acceptors (Lipinski definition) is 3. The Labute approximate surface area is 112 Å². The quantitative estimate of drug-likeness (QED) is 0.661. The molecule has 18 heavy (non-hydrogen) atoms. The summed E-state index contributed by atoms with van der Waals surface area (Å²) in [7, 11) is 0. The highest BCUT2D eigenvalue weighted by atomic mass is 16.2. The first-order valence-corrected chi connectivity index (χ1v) is 7.17. The molecule has 0 rings (SSSR count). The Hall–Kier alpha value is -0.610. The summed E-state index contributed by atoms with van der Waals surface area (Å²) in [5, 5.41) is 3.02. The van der Waals surface area contributed by atoms with Gasteiger partial charge in [0, 0.05) is 18.1 Å². The predicted octanol–water partition coefficient (Wildman–Crippen LogP) is 1.74. The fourth-order valence-electron chi connectivity index (χ4n) is 1.90. The van der Waals surface area contributed by atoms with Crippen molar-refractivity contribution in [2.45, 2.75) is 65.5 Å². The number of carbonyl (C=O) groups is 1. The maximum absolute atomic E-state index is 12.0. The van der Waals surface area contributed by atoms with E-state index in [9.17, 15) is 4.79 Å². The molecule has 0 aromatic heterocycles. The van der Waals surface area contributed by atoms with E-state index in [1.165, 1.54) is 0 Å². The molecular weight excluding hydrogens is 226 g/mol. The number of carbonyl (C=O) groups excluding carboxylic acids is 1. The van der Waals surface area contributed by atoms with Crippen LogP contribution in [-0.4, -0.2) is 42.0 Å². The van der Waals surface area contributed by atoms with Crippen LogP contribution < -0.4 is 11.1 Å². The van der Waals surface area contributed by atoms with E-state index in [1.54, 1.807) is 0 Å². The molecule has 0 bridgehead atoms. The first-order chi connectivity index (χ1) is 8.43. The number of rotatable bonds is 9. The van der Waals surface area contributed by atoms with Crippen molar-refractivity contribution in [2.24, 2.45) is 5.73 Å². The topological polar surface area (TPSA) is 58.4 Å². The normalized spacial score (nSPS) is 16.4. The van der Waals surface area contributed by atoms with Gasteiger partial charge in [-0.1, -0.05) is 20.8 Å². The minimum atomic E-state index is -0.0806. The molecule has 1 amide bonds. The molecule has 0 radical (unpaired) electrons. The Balaban J connectivity index is 4.57. The first-order valence-electron chi connectivity index (χ1n) is 7.17. The molecule has 2 unspecified atom stereocenters. The SMILES string of the molecule is CCCN(CC(=O)NC(C)CC)C(C)(CC)CN. The Kier molecular flexibility index (Phi) is 8.20. The van der Waals surface area contributed by atoms with Crippen molar-refractivity contribution in [1.29, 1.82) is 0 Å². The number of hydrogen-bond donors (Lipinski definition) is 2. The fourth-order valence-corrected chi connectivity index (χ4v) is 1.90. The second-order valence-corrected chi connectivity index (χ2v) is 5.35. The summed E-state index contributed by atoms with van der Waals surface area (Å²) in [5.41, 5.74) is 5.80. The summed E-state index contributed by atoms with van der Waals surface area (Å²) in [4.78, 5) is 14.2. The van der Waals surface area contributed by atoms with Gasteiger partial charge < -0.3 is 11.1 Å². The lowest BCUT2D eigenvalue weighted by atomic mass is 9.96. The van der Waals surface area contributed by atoms with E-state index in [0.29, 0.717) is 13.1 Å². The van der Waals surface area contributed by atoms with Crippen LogP contribution >= 0.6 is 0 Å². The number of nitrogens with two attached hydrogens (primary N) is 1. The van der Waals surface area contributed by atoms with Crippen LogP contribution in [0.1, 0.15) is 53.9 Å². The van der Waals surface area contributed by atoms with Crippen LogP contribution in [0.4, 0.5) is 0 Å². The van der Waals surface area contributed by atoms with Crippen molar-refractivity contribution in [1.82, 2.24) is 10.2 Å². The lowest BCUT2D eigenvalue weighted by molar-refractivity contribution is -0.124. The minimum absolute atomic E-state index is 0.0806. The number of nitrogens with zero attached hydrogens (tertiary/aromatic N) is 1. The largest absolute Gasteiger partial charge is 0.353 e. The summed E-state index contributed by atoms with van der Waals surface area (Å²) in [5.74, 6) is 0.103. The second kappa shape index (κ2) is 8.48. The smallest absolute Gasteiger partial charge is 0.234 e. The molecule has 0 aromatic rings. The Bertz CT molecular complexity index is 239. The average molecular weight is 257 g/mol. The van der Waals surface area contributed by atoms with Crippen molar-refractivity contribution in [3.05, 3.63) is 0 Å². The van der Waals surface area contributed by atoms with Crippen LogP contribution in [0.2, 0.25) is 0 Å². The molecule has 0 heterocycles. The number of amides is 1. The molecule has 0 aliphatic carbocycles. The Morgan fingerprint density at radius 2 is 2.00 bits per heavy atom. The van der Waals surface area contributed by atoms with Gasteiger partial charge in [-0.25, -0.2) is 0 Å². The molecule has 0 spiro atoms. The molecule has 0 fully saturated rings. The zero-order valence-electron chi connectivity index (χ0n) is 12.8. The maximum atomic E-state index is 12.0. The Morgan fingerprint density at radius 3 is 2.39 bits per heavy atom. The third-order valence-corrected chi connectivity index (χ3v) is 3.81. The molecule has 0 aliphatic rings. The Morgan fingerprint density at radius 1 is 1.39 bits per heavy atom. The minimum Gasteiger partial charge on any atom is -0.353 e. The summed E-state index contributed by atoms with van der Waals surface area (Å²) >= 11 is 0. The molecular formula is C14H31N3O. The molecule has 0 saturated carbocycles. The van der Waals surface area contributed by atoms with Crippen LogP contribution in [0.3, 0.4) is 0 Å². The van der Waals surface area contributed by atoms with E-state index in [0.717, 1.165) is 25.8 Å². The van der Waals surface area contributed by atoms with Gasteiger partial charge >= 0.3 is 0 Å². The van der Waals surface area contributed by atoms with Crippen LogP contribution in [0.15, 0.2) is 0 Å². The van der Waals surface area contributed by atoms with Gasteiger partial charge in [0.25, 0.3) is 0 Å². The highest BCUT2D eigenvalue weighted by Crippen LogP contribution is 2.18. The van der Waals surface area contributed by atoms with E-state index in [2.05, 4.69) is 37.9 Å². The summed E-state index contributed by atoms with van der Waals surface area (Å²) in [6.07, 6.45) is 2.95. The van der Waals surface area contributed by atoms with Gasteiger partial charge in [0.15, 0.2) is 0 Å². The lowest BCUT2D eigenvalue weighted by Gasteiger charge is -2.39. The fraction of sp³-hybridized carbons (Fsp3) is 0.929. The van der Waals surface area contributed by atoms with Crippen molar-refractivity contribution in [2.75, 3.05) is 19.6 Å². The van der Waals surface area contributed by atoms with Gasteiger partial charge in [-0.3, -0.25) is 9.69 Å². The third-order valence-electron chi connectivity index (χ3n) is 3.81. The van der Waals surface area contributed by atoms with Crippen LogP contribution in [-0.2, 0) is 4.79 Å².